The number of carbonyl (C=O) groups is 4. The van der Waals surface area contributed by atoms with Crippen LogP contribution >= 0.6 is 23.1 Å². The number of Topliss-reactive ketones (excluding diaryl/α,β-unsaturated/α-hetero) is 1. The van der Waals surface area contributed by atoms with Gasteiger partial charge in [-0.25, -0.2) is 9.78 Å². The van der Waals surface area contributed by atoms with Crippen molar-refractivity contribution >= 4 is 57.5 Å². The van der Waals surface area contributed by atoms with E-state index in [0.29, 0.717) is 10.8 Å². The summed E-state index contributed by atoms with van der Waals surface area (Å²) in [5.41, 5.74) is 1.72. The first kappa shape index (κ1) is 38.7. The van der Waals surface area contributed by atoms with Gasteiger partial charge < -0.3 is 30.8 Å². The van der Waals surface area contributed by atoms with Gasteiger partial charge in [0, 0.05) is 17.3 Å². The molecule has 0 aliphatic carbocycles. The van der Waals surface area contributed by atoms with Gasteiger partial charge in [0.05, 0.1) is 16.6 Å². The summed E-state index contributed by atoms with van der Waals surface area (Å²) in [5.74, 6) is -2.76. The molecular formula is C41H40N6O6S2. The van der Waals surface area contributed by atoms with Gasteiger partial charge in [0.2, 0.25) is 5.91 Å². The van der Waals surface area contributed by atoms with E-state index in [-0.39, 0.29) is 22.1 Å². The number of hydrogen-bond acceptors (Lipinski definition) is 12. The van der Waals surface area contributed by atoms with Crippen LogP contribution in [0, 0.1) is 0 Å². The Bertz CT molecular complexity index is 2060. The van der Waals surface area contributed by atoms with Gasteiger partial charge in [-0.05, 0) is 49.6 Å². The van der Waals surface area contributed by atoms with Crippen LogP contribution in [0.3, 0.4) is 0 Å². The predicted octanol–water partition coefficient (Wildman–Crippen LogP) is 5.41. The van der Waals surface area contributed by atoms with Gasteiger partial charge >= 0.3 is 5.97 Å². The van der Waals surface area contributed by atoms with Gasteiger partial charge in [-0.15, -0.1) is 23.1 Å². The Kier molecular flexibility index (Phi) is 12.0. The number of rotatable bonds is 14. The van der Waals surface area contributed by atoms with E-state index in [4.69, 9.17) is 14.6 Å². The molecule has 1 aromatic heterocycles. The van der Waals surface area contributed by atoms with Crippen LogP contribution in [-0.4, -0.2) is 64.8 Å². The molecule has 4 aromatic rings. The number of nitrogens with one attached hydrogen (secondary N) is 4. The van der Waals surface area contributed by atoms with Crippen molar-refractivity contribution in [3.63, 3.8) is 0 Å². The SMILES string of the molecule is CO/N=C(\C(=O)NC1C(=O)NC1CS/C(C(=O)C(=O)OC(C)(C)C)=C1/C=CC=CN1)c1csc(NC(c2ccccc2)(c2ccccc2)c2ccccc2)n1. The number of thioether (sulfide) groups is 1. The average molecular weight is 777 g/mol. The minimum atomic E-state index is -0.999. The molecule has 3 heterocycles. The molecule has 1 saturated heterocycles. The first-order valence-corrected chi connectivity index (χ1v) is 19.2. The molecule has 2 aliphatic heterocycles. The van der Waals surface area contributed by atoms with Crippen LogP contribution in [0.2, 0.25) is 0 Å². The highest BCUT2D eigenvalue weighted by Crippen LogP contribution is 2.40. The van der Waals surface area contributed by atoms with E-state index in [0.717, 1.165) is 28.5 Å². The van der Waals surface area contributed by atoms with Crippen LogP contribution in [0.15, 0.2) is 137 Å². The highest BCUT2D eigenvalue weighted by molar-refractivity contribution is 8.04. The molecule has 4 N–H and O–H groups in total. The average Bonchev–Trinajstić information content (AvgIpc) is 3.66. The molecule has 0 spiro atoms. The maximum Gasteiger partial charge on any atom is 0.380 e. The maximum atomic E-state index is 13.8. The lowest BCUT2D eigenvalue weighted by atomic mass is 9.77. The Morgan fingerprint density at radius 1 is 0.909 bits per heavy atom. The molecule has 6 rings (SSSR count). The van der Waals surface area contributed by atoms with Crippen LogP contribution in [-0.2, 0) is 34.3 Å². The number of dihydropyridines is 1. The Labute approximate surface area is 327 Å². The molecular weight excluding hydrogens is 737 g/mol. The number of hydrogen-bond donors (Lipinski definition) is 4. The molecule has 2 unspecified atom stereocenters. The van der Waals surface area contributed by atoms with Crippen LogP contribution in [0.4, 0.5) is 5.13 Å². The maximum absolute atomic E-state index is 13.8. The quantitative estimate of drug-likeness (QED) is 0.0248. The van der Waals surface area contributed by atoms with Gasteiger partial charge in [0.25, 0.3) is 11.7 Å². The molecule has 12 nitrogen and oxygen atoms in total. The zero-order valence-corrected chi connectivity index (χ0v) is 32.2. The lowest BCUT2D eigenvalue weighted by molar-refractivity contribution is -0.160. The van der Waals surface area contributed by atoms with E-state index in [2.05, 4.69) is 62.8 Å². The third-order valence-electron chi connectivity index (χ3n) is 8.51. The second-order valence-corrected chi connectivity index (χ2v) is 15.3. The number of amides is 2. The zero-order valence-electron chi connectivity index (χ0n) is 30.6. The Hall–Kier alpha value is -5.99. The largest absolute Gasteiger partial charge is 0.454 e. The van der Waals surface area contributed by atoms with Crippen LogP contribution in [0.1, 0.15) is 43.2 Å². The first-order valence-electron chi connectivity index (χ1n) is 17.4. The Balaban J connectivity index is 1.22. The molecule has 3 aromatic carbocycles. The van der Waals surface area contributed by atoms with E-state index >= 15 is 0 Å². The monoisotopic (exact) mass is 776 g/mol. The minimum Gasteiger partial charge on any atom is -0.454 e. The van der Waals surface area contributed by atoms with Crippen molar-refractivity contribution in [1.82, 2.24) is 20.9 Å². The second kappa shape index (κ2) is 17.0. The summed E-state index contributed by atoms with van der Waals surface area (Å²) in [5, 5.41) is 18.4. The molecule has 282 valence electrons. The Morgan fingerprint density at radius 3 is 2.02 bits per heavy atom. The first-order chi connectivity index (χ1) is 26.5. The number of aromatic nitrogens is 1. The number of anilines is 1. The number of nitrogens with zero attached hydrogens (tertiary/aromatic N) is 2. The van der Waals surface area contributed by atoms with Crippen molar-refractivity contribution in [2.24, 2.45) is 5.16 Å². The van der Waals surface area contributed by atoms with Crippen LogP contribution in [0.5, 0.6) is 0 Å². The van der Waals surface area contributed by atoms with Gasteiger partial charge in [-0.3, -0.25) is 14.4 Å². The summed E-state index contributed by atoms with van der Waals surface area (Å²) in [6.45, 7) is 5.02. The smallest absolute Gasteiger partial charge is 0.380 e. The number of esters is 1. The number of carbonyl (C=O) groups excluding carboxylic acids is 4. The van der Waals surface area contributed by atoms with Gasteiger partial charge in [0.15, 0.2) is 10.8 Å². The van der Waals surface area contributed by atoms with Crippen molar-refractivity contribution < 1.29 is 28.8 Å². The van der Waals surface area contributed by atoms with E-state index in [1.54, 1.807) is 50.6 Å². The summed E-state index contributed by atoms with van der Waals surface area (Å²) < 4.78 is 5.33. The van der Waals surface area contributed by atoms with E-state index in [9.17, 15) is 19.2 Å². The third kappa shape index (κ3) is 8.88. The Morgan fingerprint density at radius 2 is 1.51 bits per heavy atom. The fourth-order valence-corrected chi connectivity index (χ4v) is 7.89. The minimum absolute atomic E-state index is 0.114. The summed E-state index contributed by atoms with van der Waals surface area (Å²) >= 11 is 2.36. The van der Waals surface area contributed by atoms with Crippen molar-refractivity contribution in [2.75, 3.05) is 18.2 Å². The van der Waals surface area contributed by atoms with Crippen molar-refractivity contribution in [3.8, 4) is 0 Å². The molecule has 0 radical (unpaired) electrons. The highest BCUT2D eigenvalue weighted by Gasteiger charge is 2.42. The normalized spacial score (nSPS) is 17.6. The molecule has 2 amide bonds. The molecule has 0 saturated carbocycles. The second-order valence-electron chi connectivity index (χ2n) is 13.4. The van der Waals surface area contributed by atoms with Gasteiger partial charge in [-0.1, -0.05) is 102 Å². The van der Waals surface area contributed by atoms with E-state index in [1.165, 1.54) is 18.4 Å². The number of β-lactam (4-membered cyclic amide) rings is 1. The van der Waals surface area contributed by atoms with E-state index in [1.807, 2.05) is 54.6 Å². The zero-order chi connectivity index (χ0) is 39.0. The van der Waals surface area contributed by atoms with Crippen molar-refractivity contribution in [3.05, 3.63) is 154 Å². The van der Waals surface area contributed by atoms with Gasteiger partial charge in [-0.2, -0.15) is 0 Å². The van der Waals surface area contributed by atoms with Gasteiger partial charge in [0.1, 0.15) is 30.0 Å². The molecule has 0 bridgehead atoms. The molecule has 55 heavy (non-hydrogen) atoms. The summed E-state index contributed by atoms with van der Waals surface area (Å²) in [7, 11) is 1.32. The number of ketones is 1. The standard InChI is InChI=1S/C41H40N6O6S2/c1-40(2,3)53-38(51)34(48)35(29-22-14-15-23-42-29)54-24-30-32(36(49)43-30)45-37(50)33(47-52-4)31-25-55-39(44-31)46-41(26-16-8-5-9-17-26,27-18-10-6-11-19-27)28-20-12-7-13-21-28/h5-23,25,30,32,42H,24H2,1-4H3,(H,43,49)(H,44,46)(H,45,50)/b35-29-,47-33-. The van der Waals surface area contributed by atoms with Crippen molar-refractivity contribution in [1.29, 1.82) is 0 Å². The molecule has 1 fully saturated rings. The third-order valence-corrected chi connectivity index (χ3v) is 10.5. The van der Waals surface area contributed by atoms with E-state index < -0.39 is 46.8 Å². The predicted molar refractivity (Wildman–Crippen MR) is 214 cm³/mol. The van der Waals surface area contributed by atoms with Crippen LogP contribution < -0.4 is 21.3 Å². The molecule has 2 atom stereocenters. The number of allylic oxidation sites excluding steroid dienone is 3. The number of ether oxygens (including phenoxy) is 1. The lowest BCUT2D eigenvalue weighted by Crippen LogP contribution is -2.70. The number of thiazole rings is 1. The fourth-order valence-electron chi connectivity index (χ4n) is 6.02. The van der Waals surface area contributed by atoms with Crippen LogP contribution in [0.25, 0.3) is 0 Å². The fraction of sp³-hybridized carbons (Fsp3) is 0.220. The summed E-state index contributed by atoms with van der Waals surface area (Å²) in [6.07, 6.45) is 6.77. The number of benzene rings is 3. The topological polar surface area (TPSA) is 160 Å². The molecule has 14 heteroatoms. The van der Waals surface area contributed by atoms with Crippen molar-refractivity contribution in [2.45, 2.75) is 44.0 Å². The lowest BCUT2D eigenvalue weighted by Gasteiger charge is -2.37. The molecule has 2 aliphatic rings. The summed E-state index contributed by atoms with van der Waals surface area (Å²) in [4.78, 5) is 62.6. The highest BCUT2D eigenvalue weighted by atomic mass is 32.2. The summed E-state index contributed by atoms with van der Waals surface area (Å²) in [6, 6.07) is 28.6. The number of oxime groups is 1.